The van der Waals surface area contributed by atoms with Crippen molar-refractivity contribution in [3.8, 4) is 0 Å². The van der Waals surface area contributed by atoms with Gasteiger partial charge in [0, 0.05) is 30.6 Å². The fourth-order valence-electron chi connectivity index (χ4n) is 2.83. The van der Waals surface area contributed by atoms with Gasteiger partial charge in [0.25, 0.3) is 0 Å². The van der Waals surface area contributed by atoms with Crippen LogP contribution >= 0.6 is 0 Å². The van der Waals surface area contributed by atoms with Crippen molar-refractivity contribution in [2.75, 3.05) is 11.4 Å². The van der Waals surface area contributed by atoms with E-state index in [1.807, 2.05) is 0 Å². The van der Waals surface area contributed by atoms with E-state index in [4.69, 9.17) is 0 Å². The van der Waals surface area contributed by atoms with Crippen LogP contribution in [0.1, 0.15) is 53.0 Å². The Hall–Kier alpha value is -1.31. The second kappa shape index (κ2) is 4.66. The number of Topliss-reactive ketones (excluding diaryl/α,β-unsaturated/α-hetero) is 1. The Labute approximate surface area is 116 Å². The molecule has 0 spiro atoms. The lowest BCUT2D eigenvalue weighted by Crippen LogP contribution is -2.50. The molecule has 0 saturated carbocycles. The Balaban J connectivity index is 2.25. The van der Waals surface area contributed by atoms with Crippen molar-refractivity contribution in [3.63, 3.8) is 0 Å². The summed E-state index contributed by atoms with van der Waals surface area (Å²) in [7, 11) is 0. The number of nitrogens with zero attached hydrogens (tertiary/aromatic N) is 1. The van der Waals surface area contributed by atoms with E-state index in [2.05, 4.69) is 63.8 Å². The van der Waals surface area contributed by atoms with Crippen LogP contribution in [0.3, 0.4) is 0 Å². The first-order chi connectivity index (χ1) is 8.70. The van der Waals surface area contributed by atoms with Crippen molar-refractivity contribution in [1.82, 2.24) is 0 Å². The zero-order valence-electron chi connectivity index (χ0n) is 12.8. The molecule has 0 radical (unpaired) electrons. The predicted molar refractivity (Wildman–Crippen MR) is 80.8 cm³/mol. The summed E-state index contributed by atoms with van der Waals surface area (Å²) < 4.78 is 0. The molecule has 1 saturated heterocycles. The highest BCUT2D eigenvalue weighted by atomic mass is 16.1. The SMILES string of the molecule is CC(C)(C)c1ccc(N2CCC(=O)CC2(C)C)cc1. The van der Waals surface area contributed by atoms with E-state index in [1.54, 1.807) is 0 Å². The number of carbonyl (C=O) groups is 1. The molecular formula is C17H25NO. The van der Waals surface area contributed by atoms with Gasteiger partial charge in [0.1, 0.15) is 5.78 Å². The first-order valence-electron chi connectivity index (χ1n) is 7.10. The molecule has 0 amide bonds. The average Bonchev–Trinajstić information content (AvgIpc) is 2.26. The molecule has 1 heterocycles. The third-order valence-electron chi connectivity index (χ3n) is 4.02. The highest BCUT2D eigenvalue weighted by molar-refractivity contribution is 5.82. The fourth-order valence-corrected chi connectivity index (χ4v) is 2.83. The van der Waals surface area contributed by atoms with Crippen molar-refractivity contribution in [3.05, 3.63) is 29.8 Å². The summed E-state index contributed by atoms with van der Waals surface area (Å²) in [6, 6.07) is 8.81. The number of benzene rings is 1. The summed E-state index contributed by atoms with van der Waals surface area (Å²) in [5.74, 6) is 0.382. The molecular weight excluding hydrogens is 234 g/mol. The average molecular weight is 259 g/mol. The minimum absolute atomic E-state index is 0.0709. The van der Waals surface area contributed by atoms with Crippen LogP contribution in [0.25, 0.3) is 0 Å². The summed E-state index contributed by atoms with van der Waals surface area (Å²) in [6.45, 7) is 11.8. The van der Waals surface area contributed by atoms with E-state index < -0.39 is 0 Å². The van der Waals surface area contributed by atoms with Gasteiger partial charge in [-0.15, -0.1) is 0 Å². The molecule has 0 bridgehead atoms. The Morgan fingerprint density at radius 2 is 1.68 bits per heavy atom. The molecule has 2 rings (SSSR count). The lowest BCUT2D eigenvalue weighted by atomic mass is 9.86. The molecule has 0 atom stereocenters. The predicted octanol–water partition coefficient (Wildman–Crippen LogP) is 3.93. The number of ketones is 1. The van der Waals surface area contributed by atoms with Gasteiger partial charge >= 0.3 is 0 Å². The van der Waals surface area contributed by atoms with Crippen LogP contribution in [0.5, 0.6) is 0 Å². The molecule has 1 aliphatic rings. The normalized spacial score (nSPS) is 19.6. The lowest BCUT2D eigenvalue weighted by molar-refractivity contribution is -0.121. The summed E-state index contributed by atoms with van der Waals surface area (Å²) in [4.78, 5) is 14.0. The summed E-state index contributed by atoms with van der Waals surface area (Å²) in [5, 5.41) is 0. The van der Waals surface area contributed by atoms with E-state index >= 15 is 0 Å². The highest BCUT2D eigenvalue weighted by Crippen LogP contribution is 2.32. The zero-order chi connectivity index (χ0) is 14.3. The lowest BCUT2D eigenvalue weighted by Gasteiger charge is -2.43. The smallest absolute Gasteiger partial charge is 0.136 e. The maximum atomic E-state index is 11.6. The molecule has 1 aromatic carbocycles. The maximum absolute atomic E-state index is 11.6. The summed E-state index contributed by atoms with van der Waals surface area (Å²) >= 11 is 0. The largest absolute Gasteiger partial charge is 0.366 e. The molecule has 1 aromatic rings. The van der Waals surface area contributed by atoms with E-state index in [-0.39, 0.29) is 11.0 Å². The van der Waals surface area contributed by atoms with Crippen molar-refractivity contribution in [2.45, 2.75) is 58.4 Å². The van der Waals surface area contributed by atoms with Gasteiger partial charge in [-0.2, -0.15) is 0 Å². The van der Waals surface area contributed by atoms with Crippen molar-refractivity contribution in [2.24, 2.45) is 0 Å². The molecule has 1 aliphatic heterocycles. The Morgan fingerprint density at radius 1 is 1.11 bits per heavy atom. The Bertz CT molecular complexity index is 465. The Morgan fingerprint density at radius 3 is 2.16 bits per heavy atom. The van der Waals surface area contributed by atoms with Gasteiger partial charge in [-0.25, -0.2) is 0 Å². The van der Waals surface area contributed by atoms with Crippen LogP contribution in [0.2, 0.25) is 0 Å². The first-order valence-corrected chi connectivity index (χ1v) is 7.10. The molecule has 2 heteroatoms. The van der Waals surface area contributed by atoms with Gasteiger partial charge in [0.2, 0.25) is 0 Å². The number of carbonyl (C=O) groups excluding carboxylic acids is 1. The van der Waals surface area contributed by atoms with Crippen molar-refractivity contribution in [1.29, 1.82) is 0 Å². The molecule has 1 fully saturated rings. The van der Waals surface area contributed by atoms with Crippen molar-refractivity contribution < 1.29 is 4.79 Å². The highest BCUT2D eigenvalue weighted by Gasteiger charge is 2.33. The van der Waals surface area contributed by atoms with Gasteiger partial charge in [0.15, 0.2) is 0 Å². The minimum atomic E-state index is -0.0709. The van der Waals surface area contributed by atoms with E-state index in [9.17, 15) is 4.79 Å². The zero-order valence-corrected chi connectivity index (χ0v) is 12.8. The van der Waals surface area contributed by atoms with E-state index in [0.29, 0.717) is 18.6 Å². The molecule has 2 nitrogen and oxygen atoms in total. The molecule has 104 valence electrons. The number of hydrogen-bond acceptors (Lipinski definition) is 2. The third kappa shape index (κ3) is 2.99. The minimum Gasteiger partial charge on any atom is -0.366 e. The van der Waals surface area contributed by atoms with Crippen molar-refractivity contribution >= 4 is 11.5 Å². The Kier molecular flexibility index (Phi) is 3.46. The van der Waals surface area contributed by atoms with Crippen LogP contribution in [-0.2, 0) is 10.2 Å². The number of piperidine rings is 1. The molecule has 19 heavy (non-hydrogen) atoms. The van der Waals surface area contributed by atoms with Crippen LogP contribution in [-0.4, -0.2) is 17.9 Å². The quantitative estimate of drug-likeness (QED) is 0.761. The molecule has 0 aromatic heterocycles. The van der Waals surface area contributed by atoms with Gasteiger partial charge < -0.3 is 4.90 Å². The maximum Gasteiger partial charge on any atom is 0.136 e. The van der Waals surface area contributed by atoms with Gasteiger partial charge in [0.05, 0.1) is 0 Å². The molecule has 0 aliphatic carbocycles. The number of hydrogen-bond donors (Lipinski definition) is 0. The second-order valence-electron chi connectivity index (χ2n) is 7.23. The van der Waals surface area contributed by atoms with Crippen LogP contribution < -0.4 is 4.90 Å². The second-order valence-corrected chi connectivity index (χ2v) is 7.23. The standard InChI is InChI=1S/C17H25NO/c1-16(2,3)13-6-8-14(9-7-13)18-11-10-15(19)12-17(18,4)5/h6-9H,10-12H2,1-5H3. The van der Waals surface area contributed by atoms with Crippen LogP contribution in [0, 0.1) is 0 Å². The van der Waals surface area contributed by atoms with Crippen LogP contribution in [0.4, 0.5) is 5.69 Å². The van der Waals surface area contributed by atoms with Gasteiger partial charge in [-0.3, -0.25) is 4.79 Å². The number of anilines is 1. The van der Waals surface area contributed by atoms with Crippen LogP contribution in [0.15, 0.2) is 24.3 Å². The van der Waals surface area contributed by atoms with Gasteiger partial charge in [-0.1, -0.05) is 32.9 Å². The summed E-state index contributed by atoms with van der Waals surface area (Å²) in [6.07, 6.45) is 1.32. The molecule has 0 unspecified atom stereocenters. The molecule has 0 N–H and O–H groups in total. The monoisotopic (exact) mass is 259 g/mol. The van der Waals surface area contributed by atoms with Gasteiger partial charge in [-0.05, 0) is 37.0 Å². The van der Waals surface area contributed by atoms with E-state index in [1.165, 1.54) is 11.3 Å². The fraction of sp³-hybridized carbons (Fsp3) is 0.588. The summed E-state index contributed by atoms with van der Waals surface area (Å²) in [5.41, 5.74) is 2.69. The third-order valence-corrected chi connectivity index (χ3v) is 4.02. The van der Waals surface area contributed by atoms with E-state index in [0.717, 1.165) is 6.54 Å². The topological polar surface area (TPSA) is 20.3 Å². The first kappa shape index (κ1) is 14.1. The number of rotatable bonds is 1.